The van der Waals surface area contributed by atoms with Gasteiger partial charge in [-0.1, -0.05) is 17.7 Å². The highest BCUT2D eigenvalue weighted by molar-refractivity contribution is 5.99. The lowest BCUT2D eigenvalue weighted by molar-refractivity contribution is -0.152. The van der Waals surface area contributed by atoms with E-state index in [2.05, 4.69) is 0 Å². The predicted molar refractivity (Wildman–Crippen MR) is 85.7 cm³/mol. The number of carbonyl (C=O) groups excluding carboxylic acids is 3. The van der Waals surface area contributed by atoms with E-state index in [9.17, 15) is 14.4 Å². The van der Waals surface area contributed by atoms with E-state index in [4.69, 9.17) is 14.2 Å². The molecule has 0 N–H and O–H groups in total. The molecule has 0 aliphatic carbocycles. The summed E-state index contributed by atoms with van der Waals surface area (Å²) in [6.45, 7) is 3.51. The number of ketones is 1. The van der Waals surface area contributed by atoms with E-state index < -0.39 is 23.8 Å². The molecular weight excluding hydrogens is 312 g/mol. The average molecular weight is 334 g/mol. The van der Waals surface area contributed by atoms with Crippen LogP contribution in [0.2, 0.25) is 0 Å². The van der Waals surface area contributed by atoms with Crippen molar-refractivity contribution in [2.45, 2.75) is 26.2 Å². The van der Waals surface area contributed by atoms with E-state index in [1.807, 2.05) is 25.1 Å². The predicted octanol–water partition coefficient (Wildman–Crippen LogP) is 2.03. The number of hydrogen-bond donors (Lipinski definition) is 0. The van der Waals surface area contributed by atoms with Crippen LogP contribution in [0.1, 0.15) is 30.4 Å². The molecule has 0 saturated carbocycles. The Bertz CT molecular complexity index is 651. The zero-order chi connectivity index (χ0) is 17.9. The van der Waals surface area contributed by atoms with Gasteiger partial charge in [0.05, 0.1) is 27.2 Å². The molecule has 1 aromatic carbocycles. The number of fused-ring (bicyclic) bond motifs is 1. The number of methoxy groups -OCH3 is 2. The van der Waals surface area contributed by atoms with E-state index in [0.29, 0.717) is 5.75 Å². The van der Waals surface area contributed by atoms with Crippen molar-refractivity contribution in [3.05, 3.63) is 29.3 Å². The van der Waals surface area contributed by atoms with Gasteiger partial charge in [-0.2, -0.15) is 0 Å². The number of carbonyl (C=O) groups is 3. The first kappa shape index (κ1) is 18.0. The van der Waals surface area contributed by atoms with Crippen LogP contribution in [0, 0.1) is 18.8 Å². The first-order chi connectivity index (χ1) is 11.4. The largest absolute Gasteiger partial charge is 0.493 e. The number of ether oxygens (including phenoxy) is 3. The van der Waals surface area contributed by atoms with Crippen LogP contribution in [0.5, 0.6) is 5.75 Å². The molecule has 0 bridgehead atoms. The summed E-state index contributed by atoms with van der Waals surface area (Å²) in [5, 5.41) is 0. The van der Waals surface area contributed by atoms with Crippen molar-refractivity contribution in [1.29, 1.82) is 0 Å². The second-order valence-electron chi connectivity index (χ2n) is 6.03. The number of hydrogen-bond acceptors (Lipinski definition) is 6. The quantitative estimate of drug-likeness (QED) is 0.605. The molecule has 0 saturated heterocycles. The van der Waals surface area contributed by atoms with E-state index in [1.165, 1.54) is 21.1 Å². The van der Waals surface area contributed by atoms with Gasteiger partial charge >= 0.3 is 11.9 Å². The first-order valence-electron chi connectivity index (χ1n) is 7.77. The maximum Gasteiger partial charge on any atom is 0.316 e. The highest BCUT2D eigenvalue weighted by Crippen LogP contribution is 2.44. The van der Waals surface area contributed by atoms with Crippen LogP contribution >= 0.6 is 0 Å². The van der Waals surface area contributed by atoms with E-state index >= 15 is 0 Å². The Morgan fingerprint density at radius 3 is 2.54 bits per heavy atom. The van der Waals surface area contributed by atoms with Crippen molar-refractivity contribution in [2.24, 2.45) is 11.8 Å². The third-order valence-electron chi connectivity index (χ3n) is 4.39. The van der Waals surface area contributed by atoms with Crippen LogP contribution in [0.3, 0.4) is 0 Å². The van der Waals surface area contributed by atoms with Gasteiger partial charge in [-0.05, 0) is 25.5 Å². The highest BCUT2D eigenvalue weighted by Gasteiger charge is 2.44. The minimum absolute atomic E-state index is 0.0648. The molecule has 0 aromatic heterocycles. The molecule has 2 rings (SSSR count). The average Bonchev–Trinajstić information content (AvgIpc) is 2.55. The fourth-order valence-electron chi connectivity index (χ4n) is 3.24. The Labute approximate surface area is 141 Å². The molecule has 3 atom stereocenters. The van der Waals surface area contributed by atoms with Gasteiger partial charge in [0, 0.05) is 11.8 Å². The number of esters is 2. The number of aryl methyl sites for hydroxylation is 1. The molecule has 1 aliphatic rings. The topological polar surface area (TPSA) is 78.9 Å². The molecule has 1 aliphatic heterocycles. The molecule has 0 amide bonds. The molecule has 6 nitrogen and oxygen atoms in total. The Kier molecular flexibility index (Phi) is 5.59. The van der Waals surface area contributed by atoms with Crippen molar-refractivity contribution in [2.75, 3.05) is 20.8 Å². The fourth-order valence-corrected chi connectivity index (χ4v) is 3.24. The maximum absolute atomic E-state index is 12.2. The standard InChI is InChI=1S/C18H22O6/c1-10-5-6-14-13(7-10)17(16(11(2)19)18(21)23-4)12(9-24-14)8-15(20)22-3/h5-7,12,16-17H,8-9H2,1-4H3. The van der Waals surface area contributed by atoms with E-state index in [-0.39, 0.29) is 24.7 Å². The molecular formula is C18H22O6. The number of Topliss-reactive ketones (excluding diaryl/α,β-unsaturated/α-hetero) is 1. The maximum atomic E-state index is 12.2. The Hall–Kier alpha value is -2.37. The van der Waals surface area contributed by atoms with Crippen LogP contribution in [-0.2, 0) is 23.9 Å². The SMILES string of the molecule is COC(=O)CC1COc2ccc(C)cc2C1C(C(C)=O)C(=O)OC. The van der Waals surface area contributed by atoms with Gasteiger partial charge in [0.25, 0.3) is 0 Å². The lowest BCUT2D eigenvalue weighted by Gasteiger charge is -2.36. The van der Waals surface area contributed by atoms with Crippen LogP contribution in [0.15, 0.2) is 18.2 Å². The van der Waals surface area contributed by atoms with E-state index in [0.717, 1.165) is 11.1 Å². The smallest absolute Gasteiger partial charge is 0.316 e. The van der Waals surface area contributed by atoms with Crippen molar-refractivity contribution >= 4 is 17.7 Å². The number of benzene rings is 1. The van der Waals surface area contributed by atoms with Gasteiger partial charge in [-0.3, -0.25) is 14.4 Å². The van der Waals surface area contributed by atoms with Crippen molar-refractivity contribution in [3.8, 4) is 5.75 Å². The lowest BCUT2D eigenvalue weighted by atomic mass is 9.72. The summed E-state index contributed by atoms with van der Waals surface area (Å²) in [6, 6.07) is 5.61. The molecule has 6 heteroatoms. The highest BCUT2D eigenvalue weighted by atomic mass is 16.5. The zero-order valence-electron chi connectivity index (χ0n) is 14.3. The van der Waals surface area contributed by atoms with Crippen molar-refractivity contribution in [3.63, 3.8) is 0 Å². The molecule has 24 heavy (non-hydrogen) atoms. The van der Waals surface area contributed by atoms with Gasteiger partial charge in [-0.25, -0.2) is 0 Å². The van der Waals surface area contributed by atoms with Gasteiger partial charge in [0.1, 0.15) is 17.5 Å². The van der Waals surface area contributed by atoms with Gasteiger partial charge in [-0.15, -0.1) is 0 Å². The minimum Gasteiger partial charge on any atom is -0.493 e. The summed E-state index contributed by atoms with van der Waals surface area (Å²) in [5.41, 5.74) is 1.73. The third-order valence-corrected chi connectivity index (χ3v) is 4.39. The number of rotatable bonds is 5. The normalized spacial score (nSPS) is 20.3. The lowest BCUT2D eigenvalue weighted by Crippen LogP contribution is -2.39. The van der Waals surface area contributed by atoms with Crippen molar-refractivity contribution in [1.82, 2.24) is 0 Å². The Morgan fingerprint density at radius 2 is 1.96 bits per heavy atom. The van der Waals surface area contributed by atoms with Crippen LogP contribution in [-0.4, -0.2) is 38.5 Å². The molecule has 3 unspecified atom stereocenters. The second-order valence-corrected chi connectivity index (χ2v) is 6.03. The second kappa shape index (κ2) is 7.47. The summed E-state index contributed by atoms with van der Waals surface area (Å²) >= 11 is 0. The fraction of sp³-hybridized carbons (Fsp3) is 0.500. The summed E-state index contributed by atoms with van der Waals surface area (Å²) in [6.07, 6.45) is 0.0648. The van der Waals surface area contributed by atoms with Gasteiger partial charge < -0.3 is 14.2 Å². The third kappa shape index (κ3) is 3.58. The Balaban J connectivity index is 2.52. The van der Waals surface area contributed by atoms with Crippen LogP contribution < -0.4 is 4.74 Å². The molecule has 0 radical (unpaired) electrons. The van der Waals surface area contributed by atoms with Crippen LogP contribution in [0.25, 0.3) is 0 Å². The molecule has 0 spiro atoms. The van der Waals surface area contributed by atoms with E-state index in [1.54, 1.807) is 0 Å². The molecule has 130 valence electrons. The van der Waals surface area contributed by atoms with Gasteiger partial charge in [0.2, 0.25) is 0 Å². The summed E-state index contributed by atoms with van der Waals surface area (Å²) in [7, 11) is 2.56. The minimum atomic E-state index is -0.978. The summed E-state index contributed by atoms with van der Waals surface area (Å²) < 4.78 is 15.3. The summed E-state index contributed by atoms with van der Waals surface area (Å²) in [4.78, 5) is 36.2. The molecule has 0 fully saturated rings. The molecule has 1 heterocycles. The monoisotopic (exact) mass is 334 g/mol. The Morgan fingerprint density at radius 1 is 1.25 bits per heavy atom. The van der Waals surface area contributed by atoms with Gasteiger partial charge in [0.15, 0.2) is 0 Å². The first-order valence-corrected chi connectivity index (χ1v) is 7.77. The molecule has 1 aromatic rings. The van der Waals surface area contributed by atoms with Crippen molar-refractivity contribution < 1.29 is 28.6 Å². The zero-order valence-corrected chi connectivity index (χ0v) is 14.3. The summed E-state index contributed by atoms with van der Waals surface area (Å²) in [5.74, 6) is -2.49. The van der Waals surface area contributed by atoms with Crippen LogP contribution in [0.4, 0.5) is 0 Å².